The van der Waals surface area contributed by atoms with Gasteiger partial charge in [0.2, 0.25) is 5.91 Å². The van der Waals surface area contributed by atoms with E-state index < -0.39 is 18.1 Å². The van der Waals surface area contributed by atoms with E-state index in [1.54, 1.807) is 35.2 Å². The van der Waals surface area contributed by atoms with E-state index in [1.165, 1.54) is 25.1 Å². The fourth-order valence-corrected chi connectivity index (χ4v) is 5.10. The minimum absolute atomic E-state index is 0.0626. The molecule has 3 aliphatic heterocycles. The molecule has 0 saturated carbocycles. The second-order valence-corrected chi connectivity index (χ2v) is 10.2. The third kappa shape index (κ3) is 6.15. The number of hydrogen-bond donors (Lipinski definition) is 2. The normalized spacial score (nSPS) is 18.6. The van der Waals surface area contributed by atoms with Crippen molar-refractivity contribution in [2.75, 3.05) is 33.9 Å². The van der Waals surface area contributed by atoms with Crippen LogP contribution in [0.5, 0.6) is 23.0 Å². The van der Waals surface area contributed by atoms with Crippen LogP contribution in [0.15, 0.2) is 60.7 Å². The third-order valence-corrected chi connectivity index (χ3v) is 7.31. The highest BCUT2D eigenvalue weighted by atomic mass is 16.5. The summed E-state index contributed by atoms with van der Waals surface area (Å²) in [6.45, 7) is 0.307. The number of benzene rings is 3. The SMILES string of the molecule is COc1cc2cc(c1)C(=O)N[C@H]1CN(C(=O)Cn3nc4ccccc4n3)C[C@@H]1Oc1ccc(c(OC)c1)CNC(=O)CO2. The van der Waals surface area contributed by atoms with Crippen LogP contribution >= 0.6 is 0 Å². The molecule has 3 aromatic carbocycles. The largest absolute Gasteiger partial charge is 0.497 e. The maximum absolute atomic E-state index is 13.5. The van der Waals surface area contributed by atoms with Crippen LogP contribution in [0.2, 0.25) is 0 Å². The van der Waals surface area contributed by atoms with Gasteiger partial charge in [-0.2, -0.15) is 15.0 Å². The van der Waals surface area contributed by atoms with E-state index in [4.69, 9.17) is 18.9 Å². The van der Waals surface area contributed by atoms with Crippen LogP contribution in [0, 0.1) is 0 Å². The molecule has 3 amide bonds. The van der Waals surface area contributed by atoms with E-state index in [0.717, 1.165) is 5.56 Å². The summed E-state index contributed by atoms with van der Waals surface area (Å²) in [5.74, 6) is 0.702. The van der Waals surface area contributed by atoms with Gasteiger partial charge in [0.05, 0.1) is 26.8 Å². The number of fused-ring (bicyclic) bond motifs is 8. The predicted molar refractivity (Wildman–Crippen MR) is 153 cm³/mol. The lowest BCUT2D eigenvalue weighted by molar-refractivity contribution is -0.131. The molecule has 13 nitrogen and oxygen atoms in total. The van der Waals surface area contributed by atoms with Gasteiger partial charge in [-0.05, 0) is 36.4 Å². The summed E-state index contributed by atoms with van der Waals surface area (Å²) in [6, 6.07) is 16.8. The first-order valence-corrected chi connectivity index (χ1v) is 13.7. The lowest BCUT2D eigenvalue weighted by Crippen LogP contribution is -2.45. The zero-order valence-electron chi connectivity index (χ0n) is 23.6. The van der Waals surface area contributed by atoms with Gasteiger partial charge in [-0.3, -0.25) is 14.4 Å². The summed E-state index contributed by atoms with van der Waals surface area (Å²) < 4.78 is 22.9. The van der Waals surface area contributed by atoms with Gasteiger partial charge in [0.15, 0.2) is 6.61 Å². The van der Waals surface area contributed by atoms with Crippen molar-refractivity contribution in [3.05, 3.63) is 71.8 Å². The number of hydrogen-bond acceptors (Lipinski definition) is 9. The fourth-order valence-electron chi connectivity index (χ4n) is 5.10. The summed E-state index contributed by atoms with van der Waals surface area (Å²) in [4.78, 5) is 42.3. The van der Waals surface area contributed by atoms with Crippen molar-refractivity contribution in [2.24, 2.45) is 0 Å². The van der Waals surface area contributed by atoms with E-state index in [1.807, 2.05) is 24.3 Å². The summed E-state index contributed by atoms with van der Waals surface area (Å²) in [7, 11) is 3.00. The van der Waals surface area contributed by atoms with Crippen LogP contribution in [0.1, 0.15) is 15.9 Å². The molecule has 1 saturated heterocycles. The van der Waals surface area contributed by atoms with E-state index in [2.05, 4.69) is 20.8 Å². The molecular formula is C30H30N6O7. The van der Waals surface area contributed by atoms with Crippen LogP contribution in [-0.2, 0) is 22.7 Å². The molecule has 1 fully saturated rings. The molecule has 4 aromatic rings. The Morgan fingerprint density at radius 3 is 2.51 bits per heavy atom. The predicted octanol–water partition coefficient (Wildman–Crippen LogP) is 1.55. The van der Waals surface area contributed by atoms with E-state index in [0.29, 0.717) is 34.0 Å². The number of ether oxygens (including phenoxy) is 4. The average Bonchev–Trinajstić information content (AvgIpc) is 3.61. The second-order valence-electron chi connectivity index (χ2n) is 10.2. The molecule has 0 aliphatic carbocycles. The molecule has 0 spiro atoms. The third-order valence-electron chi connectivity index (χ3n) is 7.31. The van der Waals surface area contributed by atoms with Gasteiger partial charge in [0, 0.05) is 36.3 Å². The van der Waals surface area contributed by atoms with Gasteiger partial charge < -0.3 is 34.5 Å². The van der Waals surface area contributed by atoms with Gasteiger partial charge in [0.1, 0.15) is 46.7 Å². The standard InChI is InChI=1S/C30H30N6O7/c1-40-21-9-19-10-22(11-21)42-17-28(37)31-13-18-7-8-20(12-26(18)41-2)43-27-15-35(14-25(27)32-30(19)39)29(38)16-36-33-23-5-3-4-6-24(23)34-36/h3-12,25,27H,13-17H2,1-2H3,(H,31,37)(H,32,39)/t25-,27-/m0/s1. The Hall–Kier alpha value is -5.33. The number of nitrogens with one attached hydrogen (secondary N) is 2. The molecule has 7 rings (SSSR count). The molecule has 43 heavy (non-hydrogen) atoms. The summed E-state index contributed by atoms with van der Waals surface area (Å²) in [5, 5.41) is 14.6. The molecule has 3 aliphatic rings. The Balaban J connectivity index is 1.29. The first-order valence-electron chi connectivity index (χ1n) is 13.7. The summed E-state index contributed by atoms with van der Waals surface area (Å²) in [6.07, 6.45) is -0.579. The topological polar surface area (TPSA) is 146 Å². The van der Waals surface area contributed by atoms with E-state index in [9.17, 15) is 14.4 Å². The Morgan fingerprint density at radius 2 is 1.77 bits per heavy atom. The smallest absolute Gasteiger partial charge is 0.258 e. The van der Waals surface area contributed by atoms with Crippen molar-refractivity contribution in [1.29, 1.82) is 0 Å². The molecule has 4 bridgehead atoms. The minimum Gasteiger partial charge on any atom is -0.497 e. The van der Waals surface area contributed by atoms with Crippen molar-refractivity contribution in [1.82, 2.24) is 30.5 Å². The Morgan fingerprint density at radius 1 is 0.977 bits per heavy atom. The maximum Gasteiger partial charge on any atom is 0.258 e. The maximum atomic E-state index is 13.5. The van der Waals surface area contributed by atoms with Crippen LogP contribution in [0.4, 0.5) is 0 Å². The van der Waals surface area contributed by atoms with Gasteiger partial charge >= 0.3 is 0 Å². The van der Waals surface area contributed by atoms with Crippen LogP contribution in [0.3, 0.4) is 0 Å². The molecule has 4 heterocycles. The lowest BCUT2D eigenvalue weighted by atomic mass is 10.1. The highest BCUT2D eigenvalue weighted by Crippen LogP contribution is 2.28. The fraction of sp³-hybridized carbons (Fsp3) is 0.300. The monoisotopic (exact) mass is 586 g/mol. The number of carbonyl (C=O) groups is 3. The number of aromatic nitrogens is 3. The minimum atomic E-state index is -0.579. The van der Waals surface area contributed by atoms with Gasteiger partial charge in [-0.25, -0.2) is 0 Å². The number of nitrogens with zero attached hydrogens (tertiary/aromatic N) is 4. The van der Waals surface area contributed by atoms with E-state index in [-0.39, 0.29) is 50.2 Å². The van der Waals surface area contributed by atoms with Crippen molar-refractivity contribution in [3.63, 3.8) is 0 Å². The molecule has 2 atom stereocenters. The number of methoxy groups -OCH3 is 2. The number of rotatable bonds is 4. The summed E-state index contributed by atoms with van der Waals surface area (Å²) >= 11 is 0. The van der Waals surface area contributed by atoms with Gasteiger partial charge in [-0.15, -0.1) is 0 Å². The first-order chi connectivity index (χ1) is 20.9. The van der Waals surface area contributed by atoms with Crippen LogP contribution in [0.25, 0.3) is 11.0 Å². The Bertz CT molecular complexity index is 1660. The highest BCUT2D eigenvalue weighted by molar-refractivity contribution is 5.95. The molecule has 2 N–H and O–H groups in total. The second kappa shape index (κ2) is 11.9. The lowest BCUT2D eigenvalue weighted by Gasteiger charge is -2.22. The van der Waals surface area contributed by atoms with Crippen LogP contribution < -0.4 is 29.6 Å². The van der Waals surface area contributed by atoms with Crippen molar-refractivity contribution >= 4 is 28.8 Å². The molecule has 1 aromatic heterocycles. The van der Waals surface area contributed by atoms with Gasteiger partial charge in [-0.1, -0.05) is 12.1 Å². The Kier molecular flexibility index (Phi) is 7.69. The number of carbonyl (C=O) groups excluding carboxylic acids is 3. The average molecular weight is 587 g/mol. The zero-order valence-corrected chi connectivity index (χ0v) is 23.6. The molecule has 0 radical (unpaired) electrons. The highest BCUT2D eigenvalue weighted by Gasteiger charge is 2.38. The number of likely N-dealkylation sites (tertiary alicyclic amines) is 1. The quantitative estimate of drug-likeness (QED) is 0.364. The first kappa shape index (κ1) is 27.8. The van der Waals surface area contributed by atoms with Crippen molar-refractivity contribution in [2.45, 2.75) is 25.2 Å². The molecule has 13 heteroatoms. The van der Waals surface area contributed by atoms with Gasteiger partial charge in [0.25, 0.3) is 11.8 Å². The zero-order chi connectivity index (χ0) is 29.9. The molecule has 222 valence electrons. The molecule has 0 unspecified atom stereocenters. The van der Waals surface area contributed by atoms with E-state index >= 15 is 0 Å². The van der Waals surface area contributed by atoms with Crippen molar-refractivity contribution < 1.29 is 33.3 Å². The summed E-state index contributed by atoms with van der Waals surface area (Å²) in [5.41, 5.74) is 2.40. The van der Waals surface area contributed by atoms with Crippen LogP contribution in [-0.4, -0.2) is 83.7 Å². The number of amides is 3. The molecular weight excluding hydrogens is 556 g/mol. The van der Waals surface area contributed by atoms with Crippen molar-refractivity contribution in [3.8, 4) is 23.0 Å². The Labute approximate surface area is 246 Å².